The summed E-state index contributed by atoms with van der Waals surface area (Å²) in [4.78, 5) is 28.9. The molecule has 3 aromatic carbocycles. The maximum Gasteiger partial charge on any atom is 0.243 e. The Morgan fingerprint density at radius 2 is 1.61 bits per heavy atom. The predicted octanol–water partition coefficient (Wildman–Crippen LogP) is 6.01. The Labute approximate surface area is 253 Å². The molecule has 10 heteroatoms. The molecule has 41 heavy (non-hydrogen) atoms. The molecule has 0 saturated carbocycles. The van der Waals surface area contributed by atoms with Gasteiger partial charge in [-0.25, -0.2) is 8.42 Å². The summed E-state index contributed by atoms with van der Waals surface area (Å²) in [5, 5.41) is 3.87. The van der Waals surface area contributed by atoms with Gasteiger partial charge >= 0.3 is 0 Å². The van der Waals surface area contributed by atoms with Crippen LogP contribution in [0, 0.1) is 6.92 Å². The van der Waals surface area contributed by atoms with Gasteiger partial charge in [0.25, 0.3) is 0 Å². The first-order chi connectivity index (χ1) is 19.4. The molecule has 0 aliphatic heterocycles. The van der Waals surface area contributed by atoms with Crippen molar-refractivity contribution in [3.63, 3.8) is 0 Å². The van der Waals surface area contributed by atoms with E-state index in [1.807, 2.05) is 69.3 Å². The van der Waals surface area contributed by atoms with E-state index in [0.29, 0.717) is 27.7 Å². The highest BCUT2D eigenvalue weighted by molar-refractivity contribution is 7.92. The van der Waals surface area contributed by atoms with E-state index < -0.39 is 16.1 Å². The minimum absolute atomic E-state index is 0.0241. The van der Waals surface area contributed by atoms with Gasteiger partial charge in [-0.15, -0.1) is 0 Å². The smallest absolute Gasteiger partial charge is 0.243 e. The molecular formula is C31H37Cl2N3O4S. The van der Waals surface area contributed by atoms with Crippen molar-refractivity contribution in [3.8, 4) is 0 Å². The van der Waals surface area contributed by atoms with Gasteiger partial charge in [0.05, 0.1) is 11.9 Å². The topological polar surface area (TPSA) is 86.8 Å². The second-order valence-electron chi connectivity index (χ2n) is 10.4. The van der Waals surface area contributed by atoms with Crippen LogP contribution >= 0.6 is 23.2 Å². The number of sulfonamides is 1. The number of hydrogen-bond donors (Lipinski definition) is 1. The largest absolute Gasteiger partial charge is 0.352 e. The number of nitrogens with one attached hydrogen (secondary N) is 1. The van der Waals surface area contributed by atoms with Crippen molar-refractivity contribution < 1.29 is 18.0 Å². The molecule has 7 nitrogen and oxygen atoms in total. The number of aryl methyl sites for hydroxylation is 1. The van der Waals surface area contributed by atoms with Gasteiger partial charge in [0.15, 0.2) is 0 Å². The molecule has 220 valence electrons. The summed E-state index contributed by atoms with van der Waals surface area (Å²) in [6.07, 6.45) is 1.70. The lowest BCUT2D eigenvalue weighted by Crippen LogP contribution is -2.51. The highest BCUT2D eigenvalue weighted by atomic mass is 35.5. The van der Waals surface area contributed by atoms with Crippen LogP contribution < -0.4 is 9.62 Å². The summed E-state index contributed by atoms with van der Waals surface area (Å²) < 4.78 is 26.7. The molecule has 0 fully saturated rings. The third kappa shape index (κ3) is 9.48. The van der Waals surface area contributed by atoms with Gasteiger partial charge in [-0.3, -0.25) is 13.9 Å². The van der Waals surface area contributed by atoms with E-state index in [1.54, 1.807) is 29.2 Å². The molecule has 1 atom stereocenters. The van der Waals surface area contributed by atoms with Gasteiger partial charge in [-0.1, -0.05) is 77.8 Å². The van der Waals surface area contributed by atoms with Gasteiger partial charge in [0, 0.05) is 42.0 Å². The van der Waals surface area contributed by atoms with E-state index in [-0.39, 0.29) is 43.8 Å². The molecule has 0 heterocycles. The fourth-order valence-electron chi connectivity index (χ4n) is 4.58. The summed E-state index contributed by atoms with van der Waals surface area (Å²) in [7, 11) is -3.65. The molecule has 0 aliphatic rings. The van der Waals surface area contributed by atoms with Crippen molar-refractivity contribution in [2.24, 2.45) is 0 Å². The van der Waals surface area contributed by atoms with Crippen LogP contribution in [0.3, 0.4) is 0 Å². The van der Waals surface area contributed by atoms with E-state index in [4.69, 9.17) is 23.2 Å². The standard InChI is InChI=1S/C31H37Cl2N3O4S/c1-22(2)34-31(38)29(19-24-11-6-5-7-12-24)35(21-25-13-8-9-14-27(25)33)30(37)15-10-18-36(41(4,39)40)28-20-26(32)17-16-23(28)3/h5-9,11-14,16-17,20,22,29H,10,15,18-19,21H2,1-4H3,(H,34,38)/t29-/m0/s1. The molecule has 0 spiro atoms. The average Bonchev–Trinajstić information content (AvgIpc) is 2.90. The Hall–Kier alpha value is -3.07. The number of carbonyl (C=O) groups is 2. The van der Waals surface area contributed by atoms with E-state index in [0.717, 1.165) is 17.4 Å². The summed E-state index contributed by atoms with van der Waals surface area (Å²) in [6.45, 7) is 5.75. The quantitative estimate of drug-likeness (QED) is 0.254. The number of rotatable bonds is 13. The third-order valence-electron chi connectivity index (χ3n) is 6.59. The number of carbonyl (C=O) groups excluding carboxylic acids is 2. The molecule has 3 aromatic rings. The Morgan fingerprint density at radius 1 is 0.951 bits per heavy atom. The van der Waals surface area contributed by atoms with Gasteiger partial charge < -0.3 is 10.2 Å². The minimum Gasteiger partial charge on any atom is -0.352 e. The molecule has 2 amide bonds. The number of halogens is 2. The second kappa shape index (κ2) is 14.7. The first kappa shape index (κ1) is 32.4. The summed E-state index contributed by atoms with van der Waals surface area (Å²) in [5.74, 6) is -0.544. The Kier molecular flexibility index (Phi) is 11.6. The number of hydrogen-bond acceptors (Lipinski definition) is 4. The van der Waals surface area contributed by atoms with Crippen molar-refractivity contribution in [1.82, 2.24) is 10.2 Å². The zero-order valence-corrected chi connectivity index (χ0v) is 26.1. The van der Waals surface area contributed by atoms with Crippen molar-refractivity contribution >= 4 is 50.7 Å². The van der Waals surface area contributed by atoms with Crippen molar-refractivity contribution in [1.29, 1.82) is 0 Å². The SMILES string of the molecule is Cc1ccc(Cl)cc1N(CCCC(=O)N(Cc1ccccc1Cl)[C@@H](Cc1ccccc1)C(=O)NC(C)C)S(C)(=O)=O. The number of nitrogens with zero attached hydrogens (tertiary/aromatic N) is 2. The Balaban J connectivity index is 1.91. The number of amides is 2. The molecule has 0 aromatic heterocycles. The normalized spacial score (nSPS) is 12.2. The molecule has 3 rings (SSSR count). The van der Waals surface area contributed by atoms with Gasteiger partial charge in [0.2, 0.25) is 21.8 Å². The Bertz CT molecular complexity index is 1450. The lowest BCUT2D eigenvalue weighted by Gasteiger charge is -2.32. The van der Waals surface area contributed by atoms with Crippen LogP contribution in [0.2, 0.25) is 10.0 Å². The van der Waals surface area contributed by atoms with Crippen molar-refractivity contribution in [2.75, 3.05) is 17.1 Å². The summed E-state index contributed by atoms with van der Waals surface area (Å²) in [6, 6.07) is 20.9. The van der Waals surface area contributed by atoms with Crippen molar-refractivity contribution in [2.45, 2.75) is 58.7 Å². The first-order valence-corrected chi connectivity index (χ1v) is 16.1. The van der Waals surface area contributed by atoms with Crippen LogP contribution in [0.5, 0.6) is 0 Å². The fourth-order valence-corrected chi connectivity index (χ4v) is 5.96. The lowest BCUT2D eigenvalue weighted by atomic mass is 10.0. The highest BCUT2D eigenvalue weighted by Gasteiger charge is 2.31. The van der Waals surface area contributed by atoms with Gasteiger partial charge in [-0.2, -0.15) is 0 Å². The maximum atomic E-state index is 13.9. The highest BCUT2D eigenvalue weighted by Crippen LogP contribution is 2.27. The molecule has 0 unspecified atom stereocenters. The molecular weight excluding hydrogens is 581 g/mol. The monoisotopic (exact) mass is 617 g/mol. The van der Waals surface area contributed by atoms with Crippen LogP contribution in [-0.2, 0) is 32.6 Å². The summed E-state index contributed by atoms with van der Waals surface area (Å²) in [5.41, 5.74) is 2.84. The molecule has 1 N–H and O–H groups in total. The third-order valence-corrected chi connectivity index (χ3v) is 8.38. The Morgan fingerprint density at radius 3 is 2.24 bits per heavy atom. The zero-order chi connectivity index (χ0) is 30.2. The number of anilines is 1. The molecule has 0 radical (unpaired) electrons. The van der Waals surface area contributed by atoms with Crippen LogP contribution in [0.4, 0.5) is 5.69 Å². The summed E-state index contributed by atoms with van der Waals surface area (Å²) >= 11 is 12.6. The fraction of sp³-hybridized carbons (Fsp3) is 0.355. The van der Waals surface area contributed by atoms with Gasteiger partial charge in [0.1, 0.15) is 6.04 Å². The van der Waals surface area contributed by atoms with Gasteiger partial charge in [-0.05, 0) is 62.1 Å². The first-order valence-electron chi connectivity index (χ1n) is 13.5. The van der Waals surface area contributed by atoms with E-state index in [2.05, 4.69) is 5.32 Å². The minimum atomic E-state index is -3.65. The van der Waals surface area contributed by atoms with Crippen LogP contribution in [0.15, 0.2) is 72.8 Å². The zero-order valence-electron chi connectivity index (χ0n) is 23.8. The predicted molar refractivity (Wildman–Crippen MR) is 167 cm³/mol. The van der Waals surface area contributed by atoms with E-state index in [1.165, 1.54) is 4.31 Å². The molecule has 0 saturated heterocycles. The van der Waals surface area contributed by atoms with Crippen LogP contribution in [-0.4, -0.2) is 50.0 Å². The van der Waals surface area contributed by atoms with E-state index in [9.17, 15) is 18.0 Å². The molecule has 0 aliphatic carbocycles. The maximum absolute atomic E-state index is 13.9. The lowest BCUT2D eigenvalue weighted by molar-refractivity contribution is -0.141. The van der Waals surface area contributed by atoms with E-state index >= 15 is 0 Å². The van der Waals surface area contributed by atoms with Crippen LogP contribution in [0.25, 0.3) is 0 Å². The number of benzene rings is 3. The second-order valence-corrected chi connectivity index (χ2v) is 13.1. The van der Waals surface area contributed by atoms with Crippen molar-refractivity contribution in [3.05, 3.63) is 99.5 Å². The van der Waals surface area contributed by atoms with Crippen LogP contribution in [0.1, 0.15) is 43.4 Å². The average molecular weight is 619 g/mol. The molecule has 0 bridgehead atoms.